The van der Waals surface area contributed by atoms with Crippen LogP contribution in [0.5, 0.6) is 0 Å². The molecule has 0 aromatic heterocycles. The summed E-state index contributed by atoms with van der Waals surface area (Å²) in [5.41, 5.74) is 1.24. The van der Waals surface area contributed by atoms with E-state index in [-0.39, 0.29) is 5.56 Å². The normalized spacial score (nSPS) is 29.5. The third-order valence-corrected chi connectivity index (χ3v) is 6.00. The monoisotopic (exact) mass is 442 g/mol. The second kappa shape index (κ2) is 9.26. The molecule has 8 heteroatoms. The molecule has 2 aromatic rings. The fourth-order valence-electron chi connectivity index (χ4n) is 4.09. The van der Waals surface area contributed by atoms with Crippen LogP contribution >= 0.6 is 11.6 Å². The lowest BCUT2D eigenvalue weighted by Gasteiger charge is -2.46. The second-order valence-electron chi connectivity index (χ2n) is 7.44. The molecule has 1 fully saturated rings. The topological polar surface area (TPSA) is 90.2 Å². The number of halogens is 3. The minimum absolute atomic E-state index is 0.0249. The Morgan fingerprint density at radius 2 is 1.70 bits per heavy atom. The first-order chi connectivity index (χ1) is 14.2. The summed E-state index contributed by atoms with van der Waals surface area (Å²) in [5, 5.41) is 40.1. The Kier molecular flexibility index (Phi) is 7.12. The van der Waals surface area contributed by atoms with E-state index in [9.17, 15) is 20.4 Å². The summed E-state index contributed by atoms with van der Waals surface area (Å²) >= 11 is 6.37. The van der Waals surface area contributed by atoms with Crippen molar-refractivity contribution >= 4 is 11.6 Å². The smallest absolute Gasteiger partial charge is 0.264 e. The molecule has 1 aliphatic carbocycles. The van der Waals surface area contributed by atoms with Crippen molar-refractivity contribution in [2.24, 2.45) is 5.92 Å². The Labute approximate surface area is 178 Å². The summed E-state index contributed by atoms with van der Waals surface area (Å²) in [5.74, 6) is -7.44. The van der Waals surface area contributed by atoms with E-state index in [4.69, 9.17) is 16.3 Å². The van der Waals surface area contributed by atoms with Gasteiger partial charge in [0.15, 0.2) is 0 Å². The van der Waals surface area contributed by atoms with Gasteiger partial charge in [0.05, 0.1) is 30.7 Å². The van der Waals surface area contributed by atoms with Crippen molar-refractivity contribution in [3.63, 3.8) is 0 Å². The third-order valence-electron chi connectivity index (χ3n) is 5.66. The van der Waals surface area contributed by atoms with Gasteiger partial charge in [-0.15, -0.1) is 0 Å². The molecule has 0 bridgehead atoms. The Balaban J connectivity index is 2.09. The molecule has 0 radical (unpaired) electrons. The summed E-state index contributed by atoms with van der Waals surface area (Å²) in [4.78, 5) is 0. The highest BCUT2D eigenvalue weighted by molar-refractivity contribution is 6.31. The van der Waals surface area contributed by atoms with Crippen molar-refractivity contribution in [2.45, 2.75) is 43.2 Å². The van der Waals surface area contributed by atoms with Crippen LogP contribution in [0.3, 0.4) is 0 Å². The van der Waals surface area contributed by atoms with Crippen LogP contribution < -0.4 is 0 Å². The average molecular weight is 443 g/mol. The molecule has 4 N–H and O–H groups in total. The standard InChI is InChI=1S/C22H25ClF2O5/c1-2-30-21(12-6-4-3-5-7-12)14-10-13(8-9-16(14)23)17-19(28)20(29)18(27)15(11-26)22(17,24)25/h3-10,15,17-21,26-29H,2,11H2,1H3/t15-,17+,18-,19+,20+,21?/m1/s1. The van der Waals surface area contributed by atoms with Gasteiger partial charge in [-0.1, -0.05) is 54.1 Å². The largest absolute Gasteiger partial charge is 0.396 e. The first kappa shape index (κ1) is 23.1. The van der Waals surface area contributed by atoms with E-state index >= 15 is 8.78 Å². The van der Waals surface area contributed by atoms with Gasteiger partial charge in [-0.2, -0.15) is 0 Å². The summed E-state index contributed by atoms with van der Waals surface area (Å²) in [6.07, 6.45) is -6.34. The van der Waals surface area contributed by atoms with Gasteiger partial charge in [-0.25, -0.2) is 8.78 Å². The van der Waals surface area contributed by atoms with E-state index in [1.165, 1.54) is 18.2 Å². The zero-order chi connectivity index (χ0) is 22.1. The lowest BCUT2D eigenvalue weighted by Crippen LogP contribution is -2.61. The van der Waals surface area contributed by atoms with Crippen molar-refractivity contribution in [3.8, 4) is 0 Å². The Morgan fingerprint density at radius 3 is 2.30 bits per heavy atom. The quantitative estimate of drug-likeness (QED) is 0.552. The number of aliphatic hydroxyl groups excluding tert-OH is 4. The first-order valence-electron chi connectivity index (χ1n) is 9.72. The van der Waals surface area contributed by atoms with Gasteiger partial charge in [-0.3, -0.25) is 0 Å². The minimum Gasteiger partial charge on any atom is -0.396 e. The lowest BCUT2D eigenvalue weighted by molar-refractivity contribution is -0.232. The zero-order valence-electron chi connectivity index (χ0n) is 16.3. The molecule has 0 aliphatic heterocycles. The summed E-state index contributed by atoms with van der Waals surface area (Å²) in [6, 6.07) is 13.4. The molecule has 164 valence electrons. The van der Waals surface area contributed by atoms with Gasteiger partial charge < -0.3 is 25.2 Å². The molecule has 0 saturated heterocycles. The van der Waals surface area contributed by atoms with Crippen LogP contribution in [0.25, 0.3) is 0 Å². The predicted octanol–water partition coefficient (Wildman–Crippen LogP) is 2.89. The fourth-order valence-corrected chi connectivity index (χ4v) is 4.31. The second-order valence-corrected chi connectivity index (χ2v) is 7.85. The number of benzene rings is 2. The maximum atomic E-state index is 15.1. The number of aliphatic hydroxyl groups is 4. The summed E-state index contributed by atoms with van der Waals surface area (Å²) < 4.78 is 36.1. The van der Waals surface area contributed by atoms with E-state index in [1.54, 1.807) is 6.92 Å². The van der Waals surface area contributed by atoms with E-state index in [0.29, 0.717) is 17.2 Å². The number of rotatable bonds is 6. The Hall–Kier alpha value is -1.61. The molecule has 0 amide bonds. The molecule has 1 saturated carbocycles. The molecule has 2 aromatic carbocycles. The van der Waals surface area contributed by atoms with Crippen molar-refractivity contribution in [3.05, 3.63) is 70.2 Å². The highest BCUT2D eigenvalue weighted by Gasteiger charge is 2.60. The van der Waals surface area contributed by atoms with Gasteiger partial charge in [0.2, 0.25) is 0 Å². The van der Waals surface area contributed by atoms with Gasteiger partial charge in [0.1, 0.15) is 12.2 Å². The summed E-state index contributed by atoms with van der Waals surface area (Å²) in [6.45, 7) is 1.11. The Bertz CT molecular complexity index is 851. The highest BCUT2D eigenvalue weighted by atomic mass is 35.5. The molecule has 0 spiro atoms. The molecular weight excluding hydrogens is 418 g/mol. The van der Waals surface area contributed by atoms with Crippen molar-refractivity contribution < 1.29 is 33.9 Å². The van der Waals surface area contributed by atoms with Crippen LogP contribution in [0, 0.1) is 5.92 Å². The van der Waals surface area contributed by atoms with Gasteiger partial charge in [0, 0.05) is 17.2 Å². The molecule has 30 heavy (non-hydrogen) atoms. The number of hydrogen-bond donors (Lipinski definition) is 4. The van der Waals surface area contributed by atoms with Crippen LogP contribution in [0.15, 0.2) is 48.5 Å². The molecular formula is C22H25ClF2O5. The average Bonchev–Trinajstić information content (AvgIpc) is 2.72. The third kappa shape index (κ3) is 4.10. The van der Waals surface area contributed by atoms with Gasteiger partial charge in [-0.05, 0) is 24.1 Å². The fraction of sp³-hybridized carbons (Fsp3) is 0.455. The Morgan fingerprint density at radius 1 is 1.03 bits per heavy atom. The maximum absolute atomic E-state index is 15.1. The molecule has 6 atom stereocenters. The molecule has 3 rings (SSSR count). The van der Waals surface area contributed by atoms with E-state index in [0.717, 1.165) is 5.56 Å². The van der Waals surface area contributed by atoms with Gasteiger partial charge >= 0.3 is 0 Å². The van der Waals surface area contributed by atoms with Crippen molar-refractivity contribution in [2.75, 3.05) is 13.2 Å². The van der Waals surface area contributed by atoms with E-state index < -0.39 is 48.8 Å². The number of ether oxygens (including phenoxy) is 1. The molecule has 5 nitrogen and oxygen atoms in total. The lowest BCUT2D eigenvalue weighted by atomic mass is 9.70. The zero-order valence-corrected chi connectivity index (χ0v) is 17.1. The van der Waals surface area contributed by atoms with E-state index in [1.807, 2.05) is 30.3 Å². The van der Waals surface area contributed by atoms with E-state index in [2.05, 4.69) is 0 Å². The predicted molar refractivity (Wildman–Crippen MR) is 108 cm³/mol. The molecule has 0 heterocycles. The molecule has 1 aliphatic rings. The van der Waals surface area contributed by atoms with Crippen LogP contribution in [0.4, 0.5) is 8.78 Å². The summed E-state index contributed by atoms with van der Waals surface area (Å²) in [7, 11) is 0. The number of hydrogen-bond acceptors (Lipinski definition) is 5. The minimum atomic E-state index is -3.67. The van der Waals surface area contributed by atoms with Crippen molar-refractivity contribution in [1.82, 2.24) is 0 Å². The first-order valence-corrected chi connectivity index (χ1v) is 10.1. The van der Waals surface area contributed by atoms with Crippen molar-refractivity contribution in [1.29, 1.82) is 0 Å². The molecule has 1 unspecified atom stereocenters. The maximum Gasteiger partial charge on any atom is 0.264 e. The van der Waals surface area contributed by atoms with Gasteiger partial charge in [0.25, 0.3) is 5.92 Å². The highest BCUT2D eigenvalue weighted by Crippen LogP contribution is 2.49. The number of alkyl halides is 2. The van der Waals surface area contributed by atoms with Crippen LogP contribution in [0.2, 0.25) is 5.02 Å². The van der Waals surface area contributed by atoms with Crippen LogP contribution in [0.1, 0.15) is 35.6 Å². The van der Waals surface area contributed by atoms with Crippen LogP contribution in [-0.2, 0) is 4.74 Å². The van der Waals surface area contributed by atoms with Crippen LogP contribution in [-0.4, -0.2) is 57.9 Å². The SMILES string of the molecule is CCOC(c1ccccc1)c1cc([C@H]2[C@H](O)[C@@H](O)[C@H](O)[C@@H](CO)C2(F)F)ccc1Cl.